The molecule has 1 fully saturated rings. The number of nitrogens with two attached hydrogens (primary N) is 1. The van der Waals surface area contributed by atoms with Gasteiger partial charge < -0.3 is 11.1 Å². The van der Waals surface area contributed by atoms with Gasteiger partial charge in [0, 0.05) is 18.1 Å². The standard InChI is InChI=1S/C12H26N2/c1-9(2)8-10(3)14-12-7-5-4-6-11(12)13/h9-12,14H,4-8,13H2,1-3H3. The first-order valence-corrected chi connectivity index (χ1v) is 6.11. The first kappa shape index (κ1) is 12.0. The van der Waals surface area contributed by atoms with Gasteiger partial charge in [0.2, 0.25) is 0 Å². The van der Waals surface area contributed by atoms with Crippen LogP contribution in [0.25, 0.3) is 0 Å². The summed E-state index contributed by atoms with van der Waals surface area (Å²) in [5.41, 5.74) is 6.10. The molecule has 3 N–H and O–H groups in total. The van der Waals surface area contributed by atoms with Crippen molar-refractivity contribution in [2.75, 3.05) is 0 Å². The second-order valence-electron chi connectivity index (χ2n) is 5.25. The second kappa shape index (κ2) is 5.72. The minimum absolute atomic E-state index is 0.387. The quantitative estimate of drug-likeness (QED) is 0.727. The summed E-state index contributed by atoms with van der Waals surface area (Å²) in [4.78, 5) is 0. The Morgan fingerprint density at radius 3 is 2.43 bits per heavy atom. The molecule has 1 rings (SSSR count). The summed E-state index contributed by atoms with van der Waals surface area (Å²) < 4.78 is 0. The Balaban J connectivity index is 2.27. The molecular weight excluding hydrogens is 172 g/mol. The Hall–Kier alpha value is -0.0800. The van der Waals surface area contributed by atoms with Gasteiger partial charge in [-0.3, -0.25) is 0 Å². The normalized spacial score (nSPS) is 30.6. The number of hydrogen-bond acceptors (Lipinski definition) is 2. The Morgan fingerprint density at radius 1 is 1.21 bits per heavy atom. The van der Waals surface area contributed by atoms with Gasteiger partial charge in [0.1, 0.15) is 0 Å². The second-order valence-corrected chi connectivity index (χ2v) is 5.25. The van der Waals surface area contributed by atoms with E-state index >= 15 is 0 Å². The highest BCUT2D eigenvalue weighted by atomic mass is 15.0. The van der Waals surface area contributed by atoms with Gasteiger partial charge >= 0.3 is 0 Å². The van der Waals surface area contributed by atoms with Crippen LogP contribution in [-0.2, 0) is 0 Å². The maximum Gasteiger partial charge on any atom is 0.0221 e. The Labute approximate surface area is 88.6 Å². The van der Waals surface area contributed by atoms with Crippen molar-refractivity contribution in [1.82, 2.24) is 5.32 Å². The van der Waals surface area contributed by atoms with Crippen molar-refractivity contribution in [1.29, 1.82) is 0 Å². The predicted molar refractivity (Wildman–Crippen MR) is 62.3 cm³/mol. The number of rotatable bonds is 4. The van der Waals surface area contributed by atoms with Gasteiger partial charge in [-0.2, -0.15) is 0 Å². The van der Waals surface area contributed by atoms with Gasteiger partial charge in [0.05, 0.1) is 0 Å². The molecule has 0 bridgehead atoms. The number of nitrogens with one attached hydrogen (secondary N) is 1. The Morgan fingerprint density at radius 2 is 1.86 bits per heavy atom. The minimum atomic E-state index is 0.387. The van der Waals surface area contributed by atoms with Crippen LogP contribution < -0.4 is 11.1 Å². The number of hydrogen-bond donors (Lipinski definition) is 2. The first-order chi connectivity index (χ1) is 6.59. The first-order valence-electron chi connectivity index (χ1n) is 6.11. The average Bonchev–Trinajstić information content (AvgIpc) is 2.07. The lowest BCUT2D eigenvalue weighted by molar-refractivity contribution is 0.290. The summed E-state index contributed by atoms with van der Waals surface area (Å²) in [6.45, 7) is 6.83. The molecule has 0 aliphatic heterocycles. The fraction of sp³-hybridized carbons (Fsp3) is 1.00. The summed E-state index contributed by atoms with van der Waals surface area (Å²) in [6.07, 6.45) is 6.39. The Kier molecular flexibility index (Phi) is 4.90. The van der Waals surface area contributed by atoms with Crippen LogP contribution in [-0.4, -0.2) is 18.1 Å². The summed E-state index contributed by atoms with van der Waals surface area (Å²) in [6, 6.07) is 1.57. The van der Waals surface area contributed by atoms with Crippen LogP contribution >= 0.6 is 0 Å². The van der Waals surface area contributed by atoms with Crippen LogP contribution in [0.15, 0.2) is 0 Å². The van der Waals surface area contributed by atoms with E-state index in [-0.39, 0.29) is 0 Å². The summed E-state index contributed by atoms with van der Waals surface area (Å²) in [5.74, 6) is 0.775. The third kappa shape index (κ3) is 3.97. The third-order valence-electron chi connectivity index (χ3n) is 3.14. The van der Waals surface area contributed by atoms with E-state index in [9.17, 15) is 0 Å². The SMILES string of the molecule is CC(C)CC(C)NC1CCCCC1N. The smallest absolute Gasteiger partial charge is 0.0221 e. The van der Waals surface area contributed by atoms with Crippen LogP contribution in [0.5, 0.6) is 0 Å². The van der Waals surface area contributed by atoms with Crippen LogP contribution in [0.4, 0.5) is 0 Å². The van der Waals surface area contributed by atoms with Crippen LogP contribution in [0, 0.1) is 5.92 Å². The lowest BCUT2D eigenvalue weighted by Gasteiger charge is -2.32. The van der Waals surface area contributed by atoms with Crippen molar-refractivity contribution in [3.63, 3.8) is 0 Å². The van der Waals surface area contributed by atoms with E-state index in [2.05, 4.69) is 26.1 Å². The molecule has 2 heteroatoms. The fourth-order valence-electron chi connectivity index (χ4n) is 2.51. The van der Waals surface area contributed by atoms with Gasteiger partial charge in [-0.1, -0.05) is 26.7 Å². The van der Waals surface area contributed by atoms with Crippen molar-refractivity contribution in [3.8, 4) is 0 Å². The fourth-order valence-corrected chi connectivity index (χ4v) is 2.51. The van der Waals surface area contributed by atoms with E-state index in [1.54, 1.807) is 0 Å². The molecule has 0 amide bonds. The van der Waals surface area contributed by atoms with E-state index in [0.29, 0.717) is 18.1 Å². The maximum atomic E-state index is 6.10. The van der Waals surface area contributed by atoms with E-state index in [1.807, 2.05) is 0 Å². The topological polar surface area (TPSA) is 38.0 Å². The highest BCUT2D eigenvalue weighted by molar-refractivity contribution is 4.85. The van der Waals surface area contributed by atoms with Crippen molar-refractivity contribution in [3.05, 3.63) is 0 Å². The van der Waals surface area contributed by atoms with Crippen molar-refractivity contribution in [2.24, 2.45) is 11.7 Å². The van der Waals surface area contributed by atoms with Crippen LogP contribution in [0.1, 0.15) is 52.9 Å². The zero-order valence-corrected chi connectivity index (χ0v) is 9.92. The molecule has 0 radical (unpaired) electrons. The van der Waals surface area contributed by atoms with Gasteiger partial charge in [0.15, 0.2) is 0 Å². The summed E-state index contributed by atoms with van der Waals surface area (Å²) >= 11 is 0. The van der Waals surface area contributed by atoms with Crippen molar-refractivity contribution in [2.45, 2.75) is 71.0 Å². The molecule has 3 atom stereocenters. The highest BCUT2D eigenvalue weighted by Crippen LogP contribution is 2.18. The van der Waals surface area contributed by atoms with Gasteiger partial charge in [-0.25, -0.2) is 0 Å². The maximum absolute atomic E-state index is 6.10. The molecule has 0 aromatic heterocycles. The van der Waals surface area contributed by atoms with Crippen molar-refractivity contribution >= 4 is 0 Å². The van der Waals surface area contributed by atoms with Gasteiger partial charge in [-0.05, 0) is 32.1 Å². The van der Waals surface area contributed by atoms with Gasteiger partial charge in [-0.15, -0.1) is 0 Å². The molecule has 14 heavy (non-hydrogen) atoms. The minimum Gasteiger partial charge on any atom is -0.326 e. The summed E-state index contributed by atoms with van der Waals surface area (Å²) in [5, 5.41) is 3.67. The van der Waals surface area contributed by atoms with Crippen molar-refractivity contribution < 1.29 is 0 Å². The van der Waals surface area contributed by atoms with E-state index in [0.717, 1.165) is 5.92 Å². The molecule has 0 saturated heterocycles. The third-order valence-corrected chi connectivity index (χ3v) is 3.14. The average molecular weight is 198 g/mol. The lowest BCUT2D eigenvalue weighted by atomic mass is 9.90. The van der Waals surface area contributed by atoms with Crippen LogP contribution in [0.3, 0.4) is 0 Å². The molecule has 0 spiro atoms. The zero-order chi connectivity index (χ0) is 10.6. The molecule has 1 saturated carbocycles. The molecule has 0 heterocycles. The molecule has 2 nitrogen and oxygen atoms in total. The zero-order valence-electron chi connectivity index (χ0n) is 9.92. The molecule has 1 aliphatic rings. The van der Waals surface area contributed by atoms with E-state index in [4.69, 9.17) is 5.73 Å². The monoisotopic (exact) mass is 198 g/mol. The van der Waals surface area contributed by atoms with Crippen LogP contribution in [0.2, 0.25) is 0 Å². The molecule has 3 unspecified atom stereocenters. The molecule has 84 valence electrons. The highest BCUT2D eigenvalue weighted by Gasteiger charge is 2.22. The molecule has 0 aromatic rings. The summed E-state index contributed by atoms with van der Waals surface area (Å²) in [7, 11) is 0. The van der Waals surface area contributed by atoms with E-state index in [1.165, 1.54) is 32.1 Å². The van der Waals surface area contributed by atoms with E-state index < -0.39 is 0 Å². The molecular formula is C12H26N2. The lowest BCUT2D eigenvalue weighted by Crippen LogP contribution is -2.50. The molecule has 0 aromatic carbocycles. The van der Waals surface area contributed by atoms with Gasteiger partial charge in [0.25, 0.3) is 0 Å². The molecule has 1 aliphatic carbocycles. The Bertz CT molecular complexity index is 156. The predicted octanol–water partition coefficient (Wildman–Crippen LogP) is 2.28. The largest absolute Gasteiger partial charge is 0.326 e.